The first-order valence-corrected chi connectivity index (χ1v) is 9.75. The third-order valence-corrected chi connectivity index (χ3v) is 7.03. The Bertz CT molecular complexity index is 358. The van der Waals surface area contributed by atoms with Crippen molar-refractivity contribution in [1.82, 2.24) is 0 Å². The first-order valence-electron chi connectivity index (χ1n) is 9.75. The third kappa shape index (κ3) is 3.41. The minimum atomic E-state index is -0.174. The van der Waals surface area contributed by atoms with Crippen molar-refractivity contribution in [3.63, 3.8) is 0 Å². The van der Waals surface area contributed by atoms with Gasteiger partial charge in [-0.2, -0.15) is 0 Å². The van der Waals surface area contributed by atoms with Crippen LogP contribution in [0, 0.1) is 11.8 Å². The van der Waals surface area contributed by atoms with Crippen molar-refractivity contribution in [3.05, 3.63) is 0 Å². The number of hydrogen-bond acceptors (Lipinski definition) is 2. The lowest BCUT2D eigenvalue weighted by Crippen LogP contribution is -2.41. The molecule has 3 rings (SSSR count). The lowest BCUT2D eigenvalue weighted by Gasteiger charge is -2.32. The van der Waals surface area contributed by atoms with E-state index in [9.17, 15) is 0 Å². The summed E-state index contributed by atoms with van der Waals surface area (Å²) in [5, 5.41) is 0. The van der Waals surface area contributed by atoms with Gasteiger partial charge in [0.1, 0.15) is 0 Å². The van der Waals surface area contributed by atoms with Crippen molar-refractivity contribution in [2.75, 3.05) is 0 Å². The predicted octanol–water partition coefficient (Wildman–Crippen LogP) is 5.61. The maximum absolute atomic E-state index is 6.32. The molecule has 0 aromatic carbocycles. The standard InChI is InChI=1S/C19H35BO2/c1-18(2)19(3,4)22-20(21-18)17-12-8-11-16(13-14-17)15-9-6-5-7-10-15/h15-17H,5-14H2,1-4H3. The Balaban J connectivity index is 1.57. The van der Waals surface area contributed by atoms with Crippen LogP contribution in [0.15, 0.2) is 0 Å². The Morgan fingerprint density at radius 3 is 1.82 bits per heavy atom. The van der Waals surface area contributed by atoms with E-state index in [-0.39, 0.29) is 18.3 Å². The summed E-state index contributed by atoms with van der Waals surface area (Å²) in [4.78, 5) is 0. The second kappa shape index (κ2) is 6.47. The van der Waals surface area contributed by atoms with E-state index in [1.807, 2.05) is 0 Å². The summed E-state index contributed by atoms with van der Waals surface area (Å²) >= 11 is 0. The van der Waals surface area contributed by atoms with E-state index in [1.165, 1.54) is 64.2 Å². The highest BCUT2D eigenvalue weighted by Gasteiger charge is 2.53. The van der Waals surface area contributed by atoms with Crippen molar-refractivity contribution in [2.45, 2.75) is 109 Å². The van der Waals surface area contributed by atoms with E-state index in [0.29, 0.717) is 5.82 Å². The van der Waals surface area contributed by atoms with Crippen molar-refractivity contribution in [1.29, 1.82) is 0 Å². The topological polar surface area (TPSA) is 18.5 Å². The van der Waals surface area contributed by atoms with Crippen molar-refractivity contribution < 1.29 is 9.31 Å². The minimum Gasteiger partial charge on any atom is -0.403 e. The van der Waals surface area contributed by atoms with E-state index >= 15 is 0 Å². The molecular weight excluding hydrogens is 271 g/mol. The van der Waals surface area contributed by atoms with Gasteiger partial charge in [-0.15, -0.1) is 0 Å². The first kappa shape index (κ1) is 16.8. The van der Waals surface area contributed by atoms with Gasteiger partial charge in [0, 0.05) is 0 Å². The van der Waals surface area contributed by atoms with Crippen molar-refractivity contribution in [2.24, 2.45) is 11.8 Å². The quantitative estimate of drug-likeness (QED) is 0.487. The lowest BCUT2D eigenvalue weighted by molar-refractivity contribution is 0.00578. The number of rotatable bonds is 2. The van der Waals surface area contributed by atoms with Crippen LogP contribution in [0.25, 0.3) is 0 Å². The fraction of sp³-hybridized carbons (Fsp3) is 1.00. The fourth-order valence-electron chi connectivity index (χ4n) is 4.79. The van der Waals surface area contributed by atoms with Crippen LogP contribution in [0.3, 0.4) is 0 Å². The summed E-state index contributed by atoms with van der Waals surface area (Å²) in [6.45, 7) is 8.70. The highest BCUT2D eigenvalue weighted by atomic mass is 16.7. The normalized spacial score (nSPS) is 36.3. The highest BCUT2D eigenvalue weighted by Crippen LogP contribution is 2.46. The molecule has 0 N–H and O–H groups in total. The zero-order valence-corrected chi connectivity index (χ0v) is 15.2. The molecule has 3 fully saturated rings. The third-order valence-electron chi connectivity index (χ3n) is 7.03. The Morgan fingerprint density at radius 1 is 0.636 bits per heavy atom. The zero-order valence-electron chi connectivity index (χ0n) is 15.2. The van der Waals surface area contributed by atoms with Gasteiger partial charge in [-0.1, -0.05) is 64.2 Å². The number of hydrogen-bond donors (Lipinski definition) is 0. The average Bonchev–Trinajstić information content (AvgIpc) is 2.65. The molecule has 2 aliphatic carbocycles. The van der Waals surface area contributed by atoms with Crippen LogP contribution in [0.5, 0.6) is 0 Å². The van der Waals surface area contributed by atoms with E-state index in [4.69, 9.17) is 9.31 Å². The molecule has 0 spiro atoms. The molecule has 1 aliphatic heterocycles. The molecular formula is C19H35BO2. The Morgan fingerprint density at radius 2 is 1.18 bits per heavy atom. The van der Waals surface area contributed by atoms with Gasteiger partial charge in [0.2, 0.25) is 0 Å². The second-order valence-corrected chi connectivity index (χ2v) is 9.05. The van der Waals surface area contributed by atoms with Gasteiger partial charge in [0.25, 0.3) is 0 Å². The smallest absolute Gasteiger partial charge is 0.403 e. The van der Waals surface area contributed by atoms with E-state index in [1.54, 1.807) is 0 Å². The minimum absolute atomic E-state index is 0.0232. The molecule has 1 saturated heterocycles. The molecule has 22 heavy (non-hydrogen) atoms. The zero-order chi connectivity index (χ0) is 15.8. The predicted molar refractivity (Wildman–Crippen MR) is 93.0 cm³/mol. The van der Waals surface area contributed by atoms with E-state index in [0.717, 1.165) is 11.8 Å². The van der Waals surface area contributed by atoms with Crippen LogP contribution >= 0.6 is 0 Å². The maximum Gasteiger partial charge on any atom is 0.461 e. The van der Waals surface area contributed by atoms with Crippen LogP contribution in [0.2, 0.25) is 5.82 Å². The van der Waals surface area contributed by atoms with Gasteiger partial charge in [-0.25, -0.2) is 0 Å². The first-order chi connectivity index (χ1) is 10.4. The largest absolute Gasteiger partial charge is 0.461 e. The molecule has 0 aromatic heterocycles. The molecule has 3 aliphatic rings. The van der Waals surface area contributed by atoms with Crippen LogP contribution in [0.1, 0.15) is 91.9 Å². The van der Waals surface area contributed by atoms with E-state index < -0.39 is 0 Å². The van der Waals surface area contributed by atoms with Crippen LogP contribution in [0.4, 0.5) is 0 Å². The highest BCUT2D eigenvalue weighted by molar-refractivity contribution is 6.47. The molecule has 2 nitrogen and oxygen atoms in total. The summed E-state index contributed by atoms with van der Waals surface area (Å²) in [6.07, 6.45) is 14.2. The Hall–Kier alpha value is -0.0151. The molecule has 126 valence electrons. The summed E-state index contributed by atoms with van der Waals surface area (Å²) in [5.74, 6) is 2.60. The lowest BCUT2D eigenvalue weighted by atomic mass is 9.67. The average molecular weight is 306 g/mol. The molecule has 0 aromatic rings. The summed E-state index contributed by atoms with van der Waals surface area (Å²) in [5.41, 5.74) is -0.348. The van der Waals surface area contributed by atoms with E-state index in [2.05, 4.69) is 27.7 Å². The van der Waals surface area contributed by atoms with Gasteiger partial charge >= 0.3 is 7.12 Å². The van der Waals surface area contributed by atoms with Gasteiger partial charge in [-0.05, 0) is 45.3 Å². The molecule has 2 unspecified atom stereocenters. The monoisotopic (exact) mass is 306 g/mol. The van der Waals surface area contributed by atoms with Crippen molar-refractivity contribution in [3.8, 4) is 0 Å². The summed E-state index contributed by atoms with van der Waals surface area (Å²) in [6, 6.07) is 0. The Kier molecular flexibility index (Phi) is 4.95. The molecule has 0 bridgehead atoms. The maximum atomic E-state index is 6.32. The molecule has 1 heterocycles. The van der Waals surface area contributed by atoms with Gasteiger partial charge in [-0.3, -0.25) is 0 Å². The fourth-order valence-corrected chi connectivity index (χ4v) is 4.79. The molecule has 2 atom stereocenters. The molecule has 2 saturated carbocycles. The van der Waals surface area contributed by atoms with Gasteiger partial charge in [0.15, 0.2) is 0 Å². The summed E-state index contributed by atoms with van der Waals surface area (Å²) < 4.78 is 12.6. The molecule has 0 amide bonds. The molecule has 3 heteroatoms. The van der Waals surface area contributed by atoms with Gasteiger partial charge in [0.05, 0.1) is 11.2 Å². The molecule has 0 radical (unpaired) electrons. The van der Waals surface area contributed by atoms with Crippen LogP contribution in [-0.2, 0) is 9.31 Å². The van der Waals surface area contributed by atoms with Crippen molar-refractivity contribution >= 4 is 7.12 Å². The Labute approximate surface area is 137 Å². The SMILES string of the molecule is CC1(C)OB(C2CCCC(C3CCCCC3)CC2)OC1(C)C. The van der Waals surface area contributed by atoms with Gasteiger partial charge < -0.3 is 9.31 Å². The van der Waals surface area contributed by atoms with Crippen LogP contribution in [-0.4, -0.2) is 18.3 Å². The summed E-state index contributed by atoms with van der Waals surface area (Å²) in [7, 11) is 0.0232. The van der Waals surface area contributed by atoms with Crippen LogP contribution < -0.4 is 0 Å². The second-order valence-electron chi connectivity index (χ2n) is 9.05.